The fraction of sp³-hybridized carbons (Fsp3) is 0.826. The second kappa shape index (κ2) is 6.39. The summed E-state index contributed by atoms with van der Waals surface area (Å²) in [6.45, 7) is 13.3. The highest BCUT2D eigenvalue weighted by atomic mass is 16.5. The van der Waals surface area contributed by atoms with Crippen LogP contribution in [0, 0.1) is 44.8 Å². The van der Waals surface area contributed by atoms with E-state index >= 15 is 0 Å². The molecule has 3 rings (SSSR count). The number of fused-ring (bicyclic) bond motifs is 3. The largest absolute Gasteiger partial charge is 0.466 e. The zero-order valence-electron chi connectivity index (χ0n) is 17.1. The first-order valence-corrected chi connectivity index (χ1v) is 10.4. The van der Waals surface area contributed by atoms with Gasteiger partial charge in [-0.3, -0.25) is 4.79 Å². The predicted molar refractivity (Wildman–Crippen MR) is 103 cm³/mol. The van der Waals surface area contributed by atoms with Gasteiger partial charge >= 0.3 is 5.97 Å². The Hall–Kier alpha value is -1.30. The first-order valence-electron chi connectivity index (χ1n) is 10.4. The van der Waals surface area contributed by atoms with Gasteiger partial charge in [0.25, 0.3) is 0 Å². The summed E-state index contributed by atoms with van der Waals surface area (Å²) >= 11 is 0. The van der Waals surface area contributed by atoms with E-state index in [2.05, 4.69) is 39.5 Å². The molecule has 6 atom stereocenters. The number of hydrogen-bond acceptors (Lipinski definition) is 3. The van der Waals surface area contributed by atoms with E-state index in [-0.39, 0.29) is 27.6 Å². The van der Waals surface area contributed by atoms with Crippen LogP contribution in [0.5, 0.6) is 0 Å². The van der Waals surface area contributed by atoms with E-state index in [9.17, 15) is 10.1 Å². The average Bonchev–Trinajstić information content (AvgIpc) is 2.61. The highest BCUT2D eigenvalue weighted by Crippen LogP contribution is 2.69. The van der Waals surface area contributed by atoms with Crippen molar-refractivity contribution in [2.75, 3.05) is 6.61 Å². The standard InChI is InChI=1S/C23H35NO2/c1-6-23-14-10-17-21(4,18(23)9-13-20(3,15-23)16-24)11-8-12-22(17,5)19(25)26-7-2/h6,17-18H,1,7-15H2,2-5H3/t17-,18-,20-,21+,22+,23+/m0/s1. The van der Waals surface area contributed by atoms with E-state index in [1.54, 1.807) is 0 Å². The van der Waals surface area contributed by atoms with Gasteiger partial charge in [0.05, 0.1) is 23.5 Å². The van der Waals surface area contributed by atoms with Crippen LogP contribution in [-0.2, 0) is 9.53 Å². The highest BCUT2D eigenvalue weighted by molar-refractivity contribution is 5.77. The third-order valence-electron chi connectivity index (χ3n) is 8.49. The van der Waals surface area contributed by atoms with Crippen molar-refractivity contribution in [1.82, 2.24) is 0 Å². The molecule has 0 spiro atoms. The fourth-order valence-corrected chi connectivity index (χ4v) is 7.28. The summed E-state index contributed by atoms with van der Waals surface area (Å²) in [5, 5.41) is 9.72. The van der Waals surface area contributed by atoms with Gasteiger partial charge in [0.1, 0.15) is 0 Å². The van der Waals surface area contributed by atoms with Crippen LogP contribution in [0.4, 0.5) is 0 Å². The zero-order chi connectivity index (χ0) is 19.2. The van der Waals surface area contributed by atoms with Gasteiger partial charge in [0, 0.05) is 0 Å². The highest BCUT2D eigenvalue weighted by Gasteiger charge is 2.64. The smallest absolute Gasteiger partial charge is 0.312 e. The first-order chi connectivity index (χ1) is 12.2. The average molecular weight is 358 g/mol. The summed E-state index contributed by atoms with van der Waals surface area (Å²) < 4.78 is 5.51. The van der Waals surface area contributed by atoms with E-state index in [0.717, 1.165) is 44.9 Å². The van der Waals surface area contributed by atoms with Crippen molar-refractivity contribution >= 4 is 5.97 Å². The molecule has 3 aliphatic rings. The topological polar surface area (TPSA) is 50.1 Å². The molecule has 0 radical (unpaired) electrons. The zero-order valence-corrected chi connectivity index (χ0v) is 17.1. The van der Waals surface area contributed by atoms with Gasteiger partial charge < -0.3 is 4.74 Å². The molecule has 0 unspecified atom stereocenters. The van der Waals surface area contributed by atoms with E-state index in [0.29, 0.717) is 18.4 Å². The van der Waals surface area contributed by atoms with Gasteiger partial charge in [-0.25, -0.2) is 0 Å². The Balaban J connectivity index is 1.99. The molecule has 0 aliphatic heterocycles. The van der Waals surface area contributed by atoms with Crippen LogP contribution >= 0.6 is 0 Å². The van der Waals surface area contributed by atoms with Gasteiger partial charge in [-0.2, -0.15) is 5.26 Å². The second-order valence-electron chi connectivity index (χ2n) is 9.97. The normalized spacial score (nSPS) is 47.8. The van der Waals surface area contributed by atoms with Gasteiger partial charge in [-0.05, 0) is 88.4 Å². The maximum Gasteiger partial charge on any atom is 0.312 e. The van der Waals surface area contributed by atoms with Gasteiger partial charge in [0.15, 0.2) is 0 Å². The maximum atomic E-state index is 12.9. The first kappa shape index (κ1) is 19.5. The molecule has 0 bridgehead atoms. The summed E-state index contributed by atoms with van der Waals surface area (Å²) in [6.07, 6.45) is 10.4. The molecule has 3 aliphatic carbocycles. The molecule has 3 saturated carbocycles. The number of carbonyl (C=O) groups excluding carboxylic acids is 1. The molecule has 0 aromatic heterocycles. The number of allylic oxidation sites excluding steroid dienone is 1. The third kappa shape index (κ3) is 2.63. The Morgan fingerprint density at radius 2 is 1.88 bits per heavy atom. The lowest BCUT2D eigenvalue weighted by Gasteiger charge is -2.65. The minimum atomic E-state index is -0.369. The van der Waals surface area contributed by atoms with Crippen LogP contribution in [0.2, 0.25) is 0 Å². The van der Waals surface area contributed by atoms with E-state index < -0.39 is 0 Å². The predicted octanol–water partition coefficient (Wildman–Crippen LogP) is 5.66. The van der Waals surface area contributed by atoms with Gasteiger partial charge in [-0.15, -0.1) is 6.58 Å². The van der Waals surface area contributed by atoms with Crippen LogP contribution in [0.15, 0.2) is 12.7 Å². The van der Waals surface area contributed by atoms with Crippen LogP contribution in [0.25, 0.3) is 0 Å². The number of nitriles is 1. The molecule has 3 nitrogen and oxygen atoms in total. The number of carbonyl (C=O) groups is 1. The van der Waals surface area contributed by atoms with Crippen molar-refractivity contribution < 1.29 is 9.53 Å². The molecular weight excluding hydrogens is 322 g/mol. The van der Waals surface area contributed by atoms with Crippen LogP contribution < -0.4 is 0 Å². The summed E-state index contributed by atoms with van der Waals surface area (Å²) in [6, 6.07) is 2.59. The minimum Gasteiger partial charge on any atom is -0.466 e. The van der Waals surface area contributed by atoms with Crippen LogP contribution in [0.3, 0.4) is 0 Å². The number of ether oxygens (including phenoxy) is 1. The van der Waals surface area contributed by atoms with E-state index in [4.69, 9.17) is 4.74 Å². The molecule has 26 heavy (non-hydrogen) atoms. The van der Waals surface area contributed by atoms with Crippen LogP contribution in [-0.4, -0.2) is 12.6 Å². The SMILES string of the molecule is C=C[C@]12CC[C@H]3[C@@](C)(CCC[C@@]3(C)C(=O)OCC)[C@@H]1CC[C@](C)(C#N)C2. The molecule has 0 saturated heterocycles. The van der Waals surface area contributed by atoms with E-state index in [1.807, 2.05) is 6.92 Å². The lowest BCUT2D eigenvalue weighted by atomic mass is 9.39. The van der Waals surface area contributed by atoms with Crippen LogP contribution in [0.1, 0.15) is 79.1 Å². The minimum absolute atomic E-state index is 0.000277. The number of rotatable bonds is 3. The molecule has 0 heterocycles. The number of esters is 1. The fourth-order valence-electron chi connectivity index (χ4n) is 7.28. The Bertz CT molecular complexity index is 637. The molecule has 0 N–H and O–H groups in total. The van der Waals surface area contributed by atoms with Crippen molar-refractivity contribution in [3.8, 4) is 6.07 Å². The van der Waals surface area contributed by atoms with Crippen molar-refractivity contribution in [2.24, 2.45) is 33.5 Å². The summed E-state index contributed by atoms with van der Waals surface area (Å²) in [5.41, 5.74) is -0.441. The van der Waals surface area contributed by atoms with E-state index in [1.165, 1.54) is 6.42 Å². The molecule has 0 aromatic carbocycles. The third-order valence-corrected chi connectivity index (χ3v) is 8.49. The van der Waals surface area contributed by atoms with Crippen molar-refractivity contribution in [2.45, 2.75) is 79.1 Å². The molecular formula is C23H35NO2. The summed E-state index contributed by atoms with van der Waals surface area (Å²) in [7, 11) is 0. The second-order valence-corrected chi connectivity index (χ2v) is 9.97. The Labute approximate surface area is 159 Å². The summed E-state index contributed by atoms with van der Waals surface area (Å²) in [4.78, 5) is 12.9. The Morgan fingerprint density at radius 3 is 2.50 bits per heavy atom. The van der Waals surface area contributed by atoms with Crippen molar-refractivity contribution in [1.29, 1.82) is 5.26 Å². The molecule has 0 aromatic rings. The van der Waals surface area contributed by atoms with Gasteiger partial charge in [0.2, 0.25) is 0 Å². The van der Waals surface area contributed by atoms with Crippen molar-refractivity contribution in [3.63, 3.8) is 0 Å². The Kier molecular flexibility index (Phi) is 4.79. The molecule has 3 fully saturated rings. The molecule has 0 amide bonds. The van der Waals surface area contributed by atoms with Crippen molar-refractivity contribution in [3.05, 3.63) is 12.7 Å². The maximum absolute atomic E-state index is 12.9. The number of hydrogen-bond donors (Lipinski definition) is 0. The van der Waals surface area contributed by atoms with Gasteiger partial charge in [-0.1, -0.05) is 19.4 Å². The summed E-state index contributed by atoms with van der Waals surface area (Å²) in [5.74, 6) is 0.883. The Morgan fingerprint density at radius 1 is 1.19 bits per heavy atom. The number of nitrogens with zero attached hydrogens (tertiary/aromatic N) is 1. The quantitative estimate of drug-likeness (QED) is 0.484. The lowest BCUT2D eigenvalue weighted by Crippen LogP contribution is -2.59. The molecule has 144 valence electrons. The monoisotopic (exact) mass is 357 g/mol. The molecule has 3 heteroatoms. The lowest BCUT2D eigenvalue weighted by molar-refractivity contribution is -0.185.